The lowest BCUT2D eigenvalue weighted by Crippen LogP contribution is -2.25. The van der Waals surface area contributed by atoms with Crippen LogP contribution in [0.3, 0.4) is 0 Å². The number of hydrogen-bond donors (Lipinski definition) is 1. The van der Waals surface area contributed by atoms with E-state index in [0.717, 1.165) is 0 Å². The van der Waals surface area contributed by atoms with E-state index in [0.29, 0.717) is 40.2 Å². The molecule has 3 aromatic rings. The molecule has 0 fully saturated rings. The molecule has 0 aliphatic heterocycles. The third kappa shape index (κ3) is 3.29. The first kappa shape index (κ1) is 15.4. The second-order valence-electron chi connectivity index (χ2n) is 4.76. The maximum Gasteiger partial charge on any atom is 0.256 e. The zero-order valence-corrected chi connectivity index (χ0v) is 13.5. The van der Waals surface area contributed by atoms with E-state index < -0.39 is 0 Å². The Morgan fingerprint density at radius 3 is 2.65 bits per heavy atom. The van der Waals surface area contributed by atoms with Gasteiger partial charge in [0.25, 0.3) is 5.91 Å². The number of aromatic nitrogens is 2. The molecule has 0 radical (unpaired) electrons. The quantitative estimate of drug-likeness (QED) is 0.571. The Labute approximate surface area is 137 Å². The minimum absolute atomic E-state index is 0.228. The highest BCUT2D eigenvalue weighted by atomic mass is 32.2. The highest BCUT2D eigenvalue weighted by Crippen LogP contribution is 2.25. The molecule has 7 heteroatoms. The van der Waals surface area contributed by atoms with Crippen LogP contribution in [0.1, 0.15) is 21.8 Å². The molecule has 0 saturated heterocycles. The summed E-state index contributed by atoms with van der Waals surface area (Å²) >= 11 is 1.40. The van der Waals surface area contributed by atoms with Crippen LogP contribution >= 0.6 is 11.8 Å². The highest BCUT2D eigenvalue weighted by Gasteiger charge is 2.19. The summed E-state index contributed by atoms with van der Waals surface area (Å²) in [5, 5.41) is 3.43. The van der Waals surface area contributed by atoms with Gasteiger partial charge in [0.2, 0.25) is 0 Å². The van der Waals surface area contributed by atoms with E-state index in [9.17, 15) is 4.79 Å². The fourth-order valence-electron chi connectivity index (χ4n) is 2.14. The number of amides is 1. The number of hydrogen-bond acceptors (Lipinski definition) is 6. The second-order valence-corrected chi connectivity index (χ2v) is 5.55. The molecule has 0 atom stereocenters. The monoisotopic (exact) mass is 329 g/mol. The van der Waals surface area contributed by atoms with Crippen LogP contribution in [0.5, 0.6) is 0 Å². The molecule has 3 rings (SSSR count). The Morgan fingerprint density at radius 2 is 2.00 bits per heavy atom. The fourth-order valence-corrected chi connectivity index (χ4v) is 2.76. The number of nitrogens with zero attached hydrogens (tertiary/aromatic N) is 2. The van der Waals surface area contributed by atoms with E-state index in [4.69, 9.17) is 8.83 Å². The van der Waals surface area contributed by atoms with Gasteiger partial charge in [-0.05, 0) is 37.4 Å². The Kier molecular flexibility index (Phi) is 4.47. The van der Waals surface area contributed by atoms with Gasteiger partial charge in [0.15, 0.2) is 11.6 Å². The smallest absolute Gasteiger partial charge is 0.256 e. The Morgan fingerprint density at radius 1 is 1.22 bits per heavy atom. The van der Waals surface area contributed by atoms with E-state index in [1.54, 1.807) is 43.7 Å². The highest BCUT2D eigenvalue weighted by molar-refractivity contribution is 7.98. The summed E-state index contributed by atoms with van der Waals surface area (Å²) in [6.07, 6.45) is 5.01. The summed E-state index contributed by atoms with van der Waals surface area (Å²) in [6, 6.07) is 7.15. The number of rotatable bonds is 5. The van der Waals surface area contributed by atoms with Gasteiger partial charge in [-0.3, -0.25) is 4.79 Å². The maximum atomic E-state index is 12.5. The van der Waals surface area contributed by atoms with E-state index in [1.165, 1.54) is 11.8 Å². The number of thioether (sulfide) groups is 1. The lowest BCUT2D eigenvalue weighted by Gasteiger charge is -2.11. The number of furan rings is 2. The molecule has 0 bridgehead atoms. The molecule has 0 saturated carbocycles. The summed E-state index contributed by atoms with van der Waals surface area (Å²) in [4.78, 5) is 21.3. The van der Waals surface area contributed by atoms with Crippen molar-refractivity contribution >= 4 is 17.7 Å². The topological polar surface area (TPSA) is 81.2 Å². The largest absolute Gasteiger partial charge is 0.467 e. The van der Waals surface area contributed by atoms with Gasteiger partial charge in [0.1, 0.15) is 10.8 Å². The van der Waals surface area contributed by atoms with Crippen LogP contribution in [0, 0.1) is 6.92 Å². The van der Waals surface area contributed by atoms with Gasteiger partial charge < -0.3 is 14.2 Å². The molecule has 0 aliphatic rings. The number of carbonyl (C=O) groups excluding carboxylic acids is 1. The summed E-state index contributed by atoms with van der Waals surface area (Å²) in [7, 11) is 0. The Hall–Kier alpha value is -2.54. The molecule has 1 N–H and O–H groups in total. The zero-order chi connectivity index (χ0) is 16.2. The average Bonchev–Trinajstić information content (AvgIpc) is 3.24. The predicted molar refractivity (Wildman–Crippen MR) is 86.1 cm³/mol. The molecule has 0 aliphatic carbocycles. The van der Waals surface area contributed by atoms with Crippen molar-refractivity contribution in [2.24, 2.45) is 0 Å². The van der Waals surface area contributed by atoms with E-state index in [2.05, 4.69) is 15.3 Å². The average molecular weight is 329 g/mol. The summed E-state index contributed by atoms with van der Waals surface area (Å²) in [5.74, 6) is 1.51. The van der Waals surface area contributed by atoms with Crippen LogP contribution in [0.15, 0.2) is 50.7 Å². The van der Waals surface area contributed by atoms with Gasteiger partial charge >= 0.3 is 0 Å². The van der Waals surface area contributed by atoms with Crippen molar-refractivity contribution in [3.8, 4) is 11.6 Å². The van der Waals surface area contributed by atoms with E-state index >= 15 is 0 Å². The molecule has 23 heavy (non-hydrogen) atoms. The minimum atomic E-state index is -0.228. The van der Waals surface area contributed by atoms with Gasteiger partial charge in [0, 0.05) is 0 Å². The van der Waals surface area contributed by atoms with Gasteiger partial charge in [0.05, 0.1) is 30.3 Å². The van der Waals surface area contributed by atoms with Crippen molar-refractivity contribution in [1.82, 2.24) is 15.3 Å². The molecule has 3 aromatic heterocycles. The number of aryl methyl sites for hydroxylation is 1. The first-order valence-corrected chi connectivity index (χ1v) is 8.18. The minimum Gasteiger partial charge on any atom is -0.467 e. The number of nitrogens with one attached hydrogen (secondary N) is 1. The first-order valence-electron chi connectivity index (χ1n) is 6.96. The predicted octanol–water partition coefficient (Wildman–Crippen LogP) is 3.29. The molecular formula is C16H15N3O3S. The molecule has 0 spiro atoms. The fraction of sp³-hybridized carbons (Fsp3) is 0.188. The standard InChI is InChI=1S/C16H15N3O3S/c1-10-13(15(20)17-9-11-5-3-7-21-11)16(23-2)19-14(18-10)12-6-4-8-22-12/h3-8H,9H2,1-2H3,(H,17,20). The zero-order valence-electron chi connectivity index (χ0n) is 12.7. The van der Waals surface area contributed by atoms with Crippen LogP contribution in [-0.4, -0.2) is 22.1 Å². The van der Waals surface area contributed by atoms with Crippen molar-refractivity contribution in [1.29, 1.82) is 0 Å². The molecule has 0 unspecified atom stereocenters. The third-order valence-electron chi connectivity index (χ3n) is 3.22. The summed E-state index contributed by atoms with van der Waals surface area (Å²) < 4.78 is 10.5. The van der Waals surface area contributed by atoms with E-state index in [1.807, 2.05) is 6.26 Å². The van der Waals surface area contributed by atoms with Crippen LogP contribution in [0.25, 0.3) is 11.6 Å². The van der Waals surface area contributed by atoms with Crippen LogP contribution in [0.4, 0.5) is 0 Å². The van der Waals surface area contributed by atoms with Crippen molar-refractivity contribution < 1.29 is 13.6 Å². The number of carbonyl (C=O) groups is 1. The van der Waals surface area contributed by atoms with Crippen molar-refractivity contribution in [2.75, 3.05) is 6.26 Å². The normalized spacial score (nSPS) is 10.7. The molecular weight excluding hydrogens is 314 g/mol. The van der Waals surface area contributed by atoms with Gasteiger partial charge in [-0.2, -0.15) is 0 Å². The van der Waals surface area contributed by atoms with Crippen molar-refractivity contribution in [3.05, 3.63) is 53.8 Å². The van der Waals surface area contributed by atoms with E-state index in [-0.39, 0.29) is 5.91 Å². The van der Waals surface area contributed by atoms with Crippen LogP contribution < -0.4 is 5.32 Å². The van der Waals surface area contributed by atoms with Crippen LogP contribution in [-0.2, 0) is 6.54 Å². The molecule has 3 heterocycles. The van der Waals surface area contributed by atoms with Gasteiger partial charge in [-0.25, -0.2) is 9.97 Å². The SMILES string of the molecule is CSc1nc(-c2ccco2)nc(C)c1C(=O)NCc1ccco1. The summed E-state index contributed by atoms with van der Waals surface area (Å²) in [6.45, 7) is 2.11. The first-order chi connectivity index (χ1) is 11.2. The molecule has 0 aromatic carbocycles. The van der Waals surface area contributed by atoms with Crippen LogP contribution in [0.2, 0.25) is 0 Å². The van der Waals surface area contributed by atoms with Gasteiger partial charge in [-0.1, -0.05) is 0 Å². The lowest BCUT2D eigenvalue weighted by atomic mass is 10.2. The third-order valence-corrected chi connectivity index (χ3v) is 3.90. The summed E-state index contributed by atoms with van der Waals surface area (Å²) in [5.41, 5.74) is 1.08. The Bertz CT molecular complexity index is 798. The van der Waals surface area contributed by atoms with Crippen molar-refractivity contribution in [3.63, 3.8) is 0 Å². The molecule has 6 nitrogen and oxygen atoms in total. The molecule has 1 amide bonds. The second kappa shape index (κ2) is 6.70. The van der Waals surface area contributed by atoms with Gasteiger partial charge in [-0.15, -0.1) is 11.8 Å². The lowest BCUT2D eigenvalue weighted by molar-refractivity contribution is 0.0943. The Balaban J connectivity index is 1.87. The van der Waals surface area contributed by atoms with Crippen molar-refractivity contribution in [2.45, 2.75) is 18.5 Å². The molecule has 118 valence electrons. The maximum absolute atomic E-state index is 12.5.